The molecule has 0 radical (unpaired) electrons. The quantitative estimate of drug-likeness (QED) is 0.768. The van der Waals surface area contributed by atoms with E-state index in [1.807, 2.05) is 16.8 Å². The van der Waals surface area contributed by atoms with E-state index in [1.165, 1.54) is 0 Å². The van der Waals surface area contributed by atoms with Gasteiger partial charge in [0.15, 0.2) is 5.78 Å². The lowest BCUT2D eigenvalue weighted by Gasteiger charge is -2.27. The van der Waals surface area contributed by atoms with Crippen molar-refractivity contribution in [1.29, 1.82) is 0 Å². The Morgan fingerprint density at radius 3 is 2.86 bits per heavy atom. The summed E-state index contributed by atoms with van der Waals surface area (Å²) in [6, 6.07) is 1.98. The Bertz CT molecular complexity index is 374. The maximum Gasteiger partial charge on any atom is 0.158 e. The Morgan fingerprint density at radius 2 is 2.29 bits per heavy atom. The Balaban J connectivity index is 2.33. The van der Waals surface area contributed by atoms with Gasteiger partial charge in [-0.15, -0.1) is 0 Å². The van der Waals surface area contributed by atoms with E-state index in [-0.39, 0.29) is 12.2 Å². The van der Waals surface area contributed by atoms with Gasteiger partial charge in [-0.25, -0.2) is 0 Å². The Hall–Kier alpha value is -0.930. The monoisotopic (exact) mass is 208 g/mol. The molecule has 1 N–H and O–H groups in total. The zero-order valence-electron chi connectivity index (χ0n) is 7.99. The lowest BCUT2D eigenvalue weighted by Crippen LogP contribution is -2.30. The zero-order chi connectivity index (χ0) is 10.2. The molecule has 0 amide bonds. The second-order valence-corrected chi connectivity index (χ2v) is 4.78. The van der Waals surface area contributed by atoms with Crippen molar-refractivity contribution in [2.75, 3.05) is 0 Å². The third-order valence-electron chi connectivity index (χ3n) is 2.35. The number of hydrogen-bond acceptors (Lipinski definition) is 3. The molecule has 0 saturated heterocycles. The van der Waals surface area contributed by atoms with Gasteiger partial charge in [0.05, 0.1) is 5.60 Å². The number of carbonyl (C=O) groups is 1. The Morgan fingerprint density at radius 1 is 1.50 bits per heavy atom. The van der Waals surface area contributed by atoms with Crippen LogP contribution in [0, 0.1) is 0 Å². The molecule has 0 unspecified atom stereocenters. The molecule has 0 spiro atoms. The number of ketones is 1. The number of rotatable bonds is 1. The fraction of sp³-hybridized carbons (Fsp3) is 0.364. The maximum absolute atomic E-state index is 11.4. The highest BCUT2D eigenvalue weighted by molar-refractivity contribution is 7.08. The number of carbonyl (C=O) groups excluding carboxylic acids is 1. The van der Waals surface area contributed by atoms with E-state index in [0.29, 0.717) is 6.42 Å². The molecule has 0 fully saturated rings. The minimum absolute atomic E-state index is 0.0162. The average Bonchev–Trinajstić information content (AvgIpc) is 2.51. The lowest BCUT2D eigenvalue weighted by molar-refractivity contribution is -0.119. The number of thiophene rings is 1. The van der Waals surface area contributed by atoms with E-state index < -0.39 is 5.60 Å². The van der Waals surface area contributed by atoms with Crippen molar-refractivity contribution in [3.63, 3.8) is 0 Å². The van der Waals surface area contributed by atoms with Crippen LogP contribution in [0.1, 0.15) is 25.3 Å². The second-order valence-electron chi connectivity index (χ2n) is 4.00. The third kappa shape index (κ3) is 1.94. The molecule has 0 saturated carbocycles. The van der Waals surface area contributed by atoms with Crippen LogP contribution in [0.2, 0.25) is 0 Å². The Labute approximate surface area is 86.9 Å². The van der Waals surface area contributed by atoms with E-state index in [2.05, 4.69) is 0 Å². The summed E-state index contributed by atoms with van der Waals surface area (Å²) in [5.41, 5.74) is 1.14. The third-order valence-corrected chi connectivity index (χ3v) is 3.04. The molecule has 1 aliphatic rings. The highest BCUT2D eigenvalue weighted by Gasteiger charge is 2.29. The van der Waals surface area contributed by atoms with Gasteiger partial charge in [-0.3, -0.25) is 4.79 Å². The first-order chi connectivity index (χ1) is 6.57. The number of allylic oxidation sites excluding steroid dienone is 1. The predicted octanol–water partition coefficient (Wildman–Crippen LogP) is 2.25. The van der Waals surface area contributed by atoms with Crippen LogP contribution in [0.4, 0.5) is 0 Å². The van der Waals surface area contributed by atoms with Gasteiger partial charge in [0.2, 0.25) is 0 Å². The number of aliphatic hydroxyl groups is 1. The summed E-state index contributed by atoms with van der Waals surface area (Å²) in [4.78, 5) is 11.4. The molecule has 1 aromatic heterocycles. The Kier molecular flexibility index (Phi) is 2.29. The highest BCUT2D eigenvalue weighted by atomic mass is 32.1. The van der Waals surface area contributed by atoms with Crippen LogP contribution in [0.15, 0.2) is 22.9 Å². The zero-order valence-corrected chi connectivity index (χ0v) is 8.80. The standard InChI is InChI=1S/C11H12O2S/c1-11(13)5-9(4-10(12)6-11)8-2-3-14-7-8/h2-4,7,13H,5-6H2,1H3/t11-/m1/s1. The first kappa shape index (κ1) is 9.62. The summed E-state index contributed by atoms with van der Waals surface area (Å²) in [6.07, 6.45) is 2.45. The first-order valence-electron chi connectivity index (χ1n) is 4.55. The van der Waals surface area contributed by atoms with Crippen molar-refractivity contribution in [3.8, 4) is 0 Å². The predicted molar refractivity (Wildman–Crippen MR) is 57.2 cm³/mol. The minimum atomic E-state index is -0.872. The molecule has 0 aromatic carbocycles. The molecular formula is C11H12O2S. The van der Waals surface area contributed by atoms with E-state index in [1.54, 1.807) is 24.3 Å². The molecule has 1 aliphatic carbocycles. The summed E-state index contributed by atoms with van der Waals surface area (Å²) in [7, 11) is 0. The highest BCUT2D eigenvalue weighted by Crippen LogP contribution is 2.32. The summed E-state index contributed by atoms with van der Waals surface area (Å²) < 4.78 is 0. The molecular weight excluding hydrogens is 196 g/mol. The van der Waals surface area contributed by atoms with Crippen molar-refractivity contribution in [2.45, 2.75) is 25.4 Å². The van der Waals surface area contributed by atoms with Crippen LogP contribution in [0.5, 0.6) is 0 Å². The molecule has 1 aromatic rings. The summed E-state index contributed by atoms with van der Waals surface area (Å²) in [5.74, 6) is 0.0162. The normalized spacial score (nSPS) is 27.6. The van der Waals surface area contributed by atoms with E-state index in [4.69, 9.17) is 0 Å². The van der Waals surface area contributed by atoms with Crippen molar-refractivity contribution < 1.29 is 9.90 Å². The van der Waals surface area contributed by atoms with Gasteiger partial charge in [-0.05, 0) is 41.0 Å². The molecule has 14 heavy (non-hydrogen) atoms. The van der Waals surface area contributed by atoms with Gasteiger partial charge in [0.25, 0.3) is 0 Å². The molecule has 1 atom stereocenters. The second kappa shape index (κ2) is 3.33. The van der Waals surface area contributed by atoms with Crippen LogP contribution in [-0.2, 0) is 4.79 Å². The van der Waals surface area contributed by atoms with Gasteiger partial charge in [-0.1, -0.05) is 0 Å². The summed E-state index contributed by atoms with van der Waals surface area (Å²) >= 11 is 1.60. The maximum atomic E-state index is 11.4. The van der Waals surface area contributed by atoms with Crippen LogP contribution in [0.3, 0.4) is 0 Å². The molecule has 0 bridgehead atoms. The lowest BCUT2D eigenvalue weighted by atomic mass is 9.83. The minimum Gasteiger partial charge on any atom is -0.389 e. The largest absolute Gasteiger partial charge is 0.389 e. The van der Waals surface area contributed by atoms with Crippen molar-refractivity contribution in [2.24, 2.45) is 0 Å². The van der Waals surface area contributed by atoms with E-state index in [0.717, 1.165) is 11.1 Å². The molecule has 74 valence electrons. The van der Waals surface area contributed by atoms with Crippen LogP contribution >= 0.6 is 11.3 Å². The molecule has 3 heteroatoms. The number of hydrogen-bond donors (Lipinski definition) is 1. The molecule has 0 aliphatic heterocycles. The molecule has 2 nitrogen and oxygen atoms in total. The fourth-order valence-electron chi connectivity index (χ4n) is 1.78. The smallest absolute Gasteiger partial charge is 0.158 e. The van der Waals surface area contributed by atoms with Gasteiger partial charge in [0, 0.05) is 12.8 Å². The fourth-order valence-corrected chi connectivity index (χ4v) is 2.46. The van der Waals surface area contributed by atoms with Crippen molar-refractivity contribution in [3.05, 3.63) is 28.5 Å². The summed E-state index contributed by atoms with van der Waals surface area (Å²) in [6.45, 7) is 1.71. The SMILES string of the molecule is C[C@]1(O)CC(=O)C=C(c2ccsc2)C1. The average molecular weight is 208 g/mol. The van der Waals surface area contributed by atoms with Gasteiger partial charge < -0.3 is 5.11 Å². The van der Waals surface area contributed by atoms with E-state index in [9.17, 15) is 9.90 Å². The van der Waals surface area contributed by atoms with E-state index >= 15 is 0 Å². The van der Waals surface area contributed by atoms with Gasteiger partial charge >= 0.3 is 0 Å². The van der Waals surface area contributed by atoms with Crippen molar-refractivity contribution in [1.82, 2.24) is 0 Å². The van der Waals surface area contributed by atoms with Crippen LogP contribution < -0.4 is 0 Å². The van der Waals surface area contributed by atoms with Gasteiger partial charge in [0.1, 0.15) is 0 Å². The topological polar surface area (TPSA) is 37.3 Å². The first-order valence-corrected chi connectivity index (χ1v) is 5.49. The molecule has 2 rings (SSSR count). The van der Waals surface area contributed by atoms with Gasteiger partial charge in [-0.2, -0.15) is 11.3 Å². The molecule has 1 heterocycles. The summed E-state index contributed by atoms with van der Waals surface area (Å²) in [5, 5.41) is 13.8. The van der Waals surface area contributed by atoms with Crippen molar-refractivity contribution >= 4 is 22.7 Å². The van der Waals surface area contributed by atoms with Crippen LogP contribution in [0.25, 0.3) is 5.57 Å². The van der Waals surface area contributed by atoms with Crippen LogP contribution in [-0.4, -0.2) is 16.5 Å².